The van der Waals surface area contributed by atoms with Gasteiger partial charge in [-0.25, -0.2) is 9.59 Å². The molecule has 0 bridgehead atoms. The average molecular weight is 1240 g/mol. The Morgan fingerprint density at radius 1 is 0.389 bits per heavy atom. The van der Waals surface area contributed by atoms with Crippen LogP contribution in [-0.2, 0) is 9.47 Å². The summed E-state index contributed by atoms with van der Waals surface area (Å²) < 4.78 is 19.2. The minimum absolute atomic E-state index is 0.340. The first kappa shape index (κ1) is 78.3. The predicted molar refractivity (Wildman–Crippen MR) is 390 cm³/mol. The molecule has 1 aliphatic heterocycles. The van der Waals surface area contributed by atoms with Gasteiger partial charge in [-0.1, -0.05) is 342 Å². The number of carbonyl (C=O) groups is 2. The third-order valence-corrected chi connectivity index (χ3v) is 19.2. The number of anilines is 1. The Kier molecular flexibility index (Phi) is 46.3. The summed E-state index contributed by atoms with van der Waals surface area (Å²) in [7, 11) is 0. The van der Waals surface area contributed by atoms with E-state index in [0.29, 0.717) is 24.3 Å². The van der Waals surface area contributed by atoms with Crippen LogP contribution in [0.2, 0.25) is 0 Å². The summed E-state index contributed by atoms with van der Waals surface area (Å²) in [6, 6.07) is 14.2. The van der Waals surface area contributed by atoms with E-state index in [1.165, 1.54) is 283 Å². The summed E-state index contributed by atoms with van der Waals surface area (Å²) in [6.07, 6.45) is 67.3. The molecule has 0 saturated heterocycles. The van der Waals surface area contributed by atoms with Crippen molar-refractivity contribution >= 4 is 28.6 Å². The summed E-state index contributed by atoms with van der Waals surface area (Å²) in [6.45, 7) is 15.9. The fourth-order valence-corrected chi connectivity index (χ4v) is 13.3. The molecule has 0 unspecified atom stereocenters. The number of hydrogen-bond donors (Lipinski definition) is 1. The van der Waals surface area contributed by atoms with Crippen LogP contribution < -0.4 is 10.7 Å². The quantitative estimate of drug-likeness (QED) is 0.0269. The van der Waals surface area contributed by atoms with Gasteiger partial charge in [0.25, 0.3) is 0 Å². The molecule has 0 atom stereocenters. The van der Waals surface area contributed by atoms with E-state index >= 15 is 0 Å². The Morgan fingerprint density at radius 2 is 0.767 bits per heavy atom. The molecule has 0 aromatic heterocycles. The third kappa shape index (κ3) is 34.7. The topological polar surface area (TPSA) is 90.1 Å². The Morgan fingerprint density at radius 3 is 1.19 bits per heavy atom. The van der Waals surface area contributed by atoms with Gasteiger partial charge in [0.2, 0.25) is 0 Å². The molecule has 1 heterocycles. The van der Waals surface area contributed by atoms with Crippen molar-refractivity contribution in [1.82, 2.24) is 0 Å². The number of ether oxygens (including phenoxy) is 2. The Balaban J connectivity index is 1.50. The van der Waals surface area contributed by atoms with Crippen LogP contribution >= 0.6 is 0 Å². The Labute approximate surface area is 553 Å². The van der Waals surface area contributed by atoms with Crippen molar-refractivity contribution in [2.45, 2.75) is 375 Å². The van der Waals surface area contributed by atoms with Crippen molar-refractivity contribution in [3.63, 3.8) is 0 Å². The molecule has 2 aromatic rings. The average Bonchev–Trinajstić information content (AvgIpc) is 0.751. The summed E-state index contributed by atoms with van der Waals surface area (Å²) in [5.74, 6) is -0.0818. The van der Waals surface area contributed by atoms with Crippen LogP contribution in [0.15, 0.2) is 51.9 Å². The molecule has 510 valence electrons. The van der Waals surface area contributed by atoms with Gasteiger partial charge in [-0.05, 0) is 80.5 Å². The van der Waals surface area contributed by atoms with Crippen LogP contribution in [0.3, 0.4) is 0 Å². The summed E-state index contributed by atoms with van der Waals surface area (Å²) in [4.78, 5) is 33.9. The largest absolute Gasteiger partial charge is 0.462 e. The van der Waals surface area contributed by atoms with Gasteiger partial charge in [-0.2, -0.15) is 0 Å². The highest BCUT2D eigenvalue weighted by molar-refractivity contribution is 6.09. The molecular weight excluding hydrogens is 1100 g/mol. The van der Waals surface area contributed by atoms with Gasteiger partial charge in [0.1, 0.15) is 11.3 Å². The molecule has 2 aromatic carbocycles. The molecule has 1 N–H and O–H groups in total. The first-order valence-corrected chi connectivity index (χ1v) is 39.1. The van der Waals surface area contributed by atoms with Gasteiger partial charge in [-0.3, -0.25) is 4.99 Å². The van der Waals surface area contributed by atoms with Crippen LogP contribution in [0.25, 0.3) is 33.4 Å². The monoisotopic (exact) mass is 1240 g/mol. The number of nitrogens with one attached hydrogen (secondary N) is 1. The zero-order valence-electron chi connectivity index (χ0n) is 59.6. The number of hydrogen-bond acceptors (Lipinski definition) is 7. The maximum atomic E-state index is 14.8. The zero-order chi connectivity index (χ0) is 64.2. The lowest BCUT2D eigenvalue weighted by atomic mass is 9.88. The van der Waals surface area contributed by atoms with E-state index in [9.17, 15) is 9.59 Å². The predicted octanol–water partition coefficient (Wildman–Crippen LogP) is 26.8. The molecule has 0 spiro atoms. The molecule has 7 nitrogen and oxygen atoms in total. The number of unbranched alkanes of at least 4 members (excludes halogenated alkanes) is 48. The van der Waals surface area contributed by atoms with Crippen LogP contribution in [0.1, 0.15) is 393 Å². The highest BCUT2D eigenvalue weighted by Crippen LogP contribution is 2.43. The standard InChI is InChI=1S/C83H138N2O5/c1-7-11-15-19-23-27-31-33-35-37-39-41-45-49-53-57-63-88-82(86)72-59-60-73(74(67-72)83(87)89-64-58-54-50-46-42-40-38-36-34-32-28-24-20-16-12-8-2)81-75-65-70(5)77(84-61-55-51-47-43-29-25-21-17-13-9-3)68-79(75)90-80-69-78(71(6)66-76(80)81)85-62-56-52-48-44-30-26-22-18-14-10-4/h59-60,65-69,84H,7-58,61-64H2,1-6H3. The highest BCUT2D eigenvalue weighted by atomic mass is 16.5. The number of rotatable bonds is 60. The van der Waals surface area contributed by atoms with Crippen molar-refractivity contribution in [2.24, 2.45) is 4.99 Å². The normalized spacial score (nSPS) is 11.9. The second-order valence-corrected chi connectivity index (χ2v) is 27.6. The first-order valence-electron chi connectivity index (χ1n) is 39.1. The summed E-state index contributed by atoms with van der Waals surface area (Å²) >= 11 is 0. The van der Waals surface area contributed by atoms with Crippen LogP contribution in [-0.4, -0.2) is 38.2 Å². The lowest BCUT2D eigenvalue weighted by Gasteiger charge is -2.20. The number of benzene rings is 3. The number of nitrogens with zero attached hydrogens (tertiary/aromatic N) is 1. The third-order valence-electron chi connectivity index (χ3n) is 19.2. The van der Waals surface area contributed by atoms with Gasteiger partial charge in [0, 0.05) is 47.4 Å². The van der Waals surface area contributed by atoms with E-state index in [1.807, 2.05) is 12.1 Å². The summed E-state index contributed by atoms with van der Waals surface area (Å²) in [5, 5.41) is 5.65. The second kappa shape index (κ2) is 53.3. The van der Waals surface area contributed by atoms with E-state index < -0.39 is 11.9 Å². The first-order chi connectivity index (χ1) is 44.3. The number of carbonyl (C=O) groups excluding carboxylic acids is 2. The Hall–Kier alpha value is -4.13. The lowest BCUT2D eigenvalue weighted by molar-refractivity contribution is 0.0496. The molecule has 1 aliphatic carbocycles. The lowest BCUT2D eigenvalue weighted by Crippen LogP contribution is -2.13. The molecule has 0 fully saturated rings. The second-order valence-electron chi connectivity index (χ2n) is 27.6. The van der Waals surface area contributed by atoms with E-state index in [-0.39, 0.29) is 0 Å². The van der Waals surface area contributed by atoms with Crippen molar-refractivity contribution < 1.29 is 23.5 Å². The number of esters is 2. The van der Waals surface area contributed by atoms with E-state index in [4.69, 9.17) is 18.9 Å². The molecular formula is C83H138N2O5. The molecule has 0 amide bonds. The minimum atomic E-state index is -0.410. The van der Waals surface area contributed by atoms with Crippen LogP contribution in [0.5, 0.6) is 0 Å². The van der Waals surface area contributed by atoms with Crippen molar-refractivity contribution in [2.75, 3.05) is 31.6 Å². The van der Waals surface area contributed by atoms with Gasteiger partial charge in [-0.15, -0.1) is 0 Å². The van der Waals surface area contributed by atoms with Crippen molar-refractivity contribution in [3.05, 3.63) is 70.1 Å². The maximum Gasteiger partial charge on any atom is 0.338 e. The van der Waals surface area contributed by atoms with Crippen LogP contribution in [0, 0.1) is 13.8 Å². The molecule has 4 rings (SSSR count). The zero-order valence-corrected chi connectivity index (χ0v) is 59.6. The van der Waals surface area contributed by atoms with Gasteiger partial charge in [0.05, 0.1) is 29.7 Å². The fourth-order valence-electron chi connectivity index (χ4n) is 13.3. The highest BCUT2D eigenvalue weighted by Gasteiger charge is 2.26. The molecule has 0 saturated carbocycles. The molecule has 2 aliphatic rings. The minimum Gasteiger partial charge on any atom is -0.462 e. The smallest absolute Gasteiger partial charge is 0.338 e. The van der Waals surface area contributed by atoms with Crippen LogP contribution in [0.4, 0.5) is 5.69 Å². The molecule has 0 radical (unpaired) electrons. The van der Waals surface area contributed by atoms with Crippen molar-refractivity contribution in [1.29, 1.82) is 0 Å². The Bertz CT molecular complexity index is 2450. The van der Waals surface area contributed by atoms with Crippen molar-refractivity contribution in [3.8, 4) is 22.5 Å². The van der Waals surface area contributed by atoms with E-state index in [1.54, 1.807) is 6.07 Å². The number of aryl methyl sites for hydroxylation is 2. The fraction of sp³-hybridized carbons (Fsp3) is 0.747. The van der Waals surface area contributed by atoms with Gasteiger partial charge < -0.3 is 19.2 Å². The molecule has 90 heavy (non-hydrogen) atoms. The van der Waals surface area contributed by atoms with E-state index in [2.05, 4.69) is 71.1 Å². The van der Waals surface area contributed by atoms with E-state index in [0.717, 1.165) is 120 Å². The van der Waals surface area contributed by atoms with Gasteiger partial charge >= 0.3 is 11.9 Å². The maximum absolute atomic E-state index is 14.8. The summed E-state index contributed by atoms with van der Waals surface area (Å²) in [5.41, 5.74) is 7.29. The molecule has 7 heteroatoms. The van der Waals surface area contributed by atoms with Gasteiger partial charge in [0.15, 0.2) is 0 Å². The number of fused-ring (bicyclic) bond motifs is 2. The SMILES string of the molecule is CCCCCCCCCCCCCCCCCCOC(=O)c1ccc(-c2c3cc(C)c(=NCCCCCCCCCCCC)cc-3oc3cc(NCCCCCCCCCCCC)c(C)cc23)c(C(=O)OCCCCCCCCCCCCCCCCCC)c1.